The average Bonchev–Trinajstić information content (AvgIpc) is 2.31. The molecule has 3 heteroatoms. The van der Waals surface area contributed by atoms with Gasteiger partial charge in [-0.2, -0.15) is 0 Å². The maximum Gasteiger partial charge on any atom is 0.322 e. The fourth-order valence-corrected chi connectivity index (χ4v) is 1.48. The van der Waals surface area contributed by atoms with E-state index in [4.69, 9.17) is 4.74 Å². The lowest BCUT2D eigenvalue weighted by atomic mass is 10.1. The lowest BCUT2D eigenvalue weighted by Gasteiger charge is -2.13. The Labute approximate surface area is 90.4 Å². The van der Waals surface area contributed by atoms with Crippen molar-refractivity contribution in [3.05, 3.63) is 35.9 Å². The van der Waals surface area contributed by atoms with Gasteiger partial charge in [0.1, 0.15) is 6.04 Å². The summed E-state index contributed by atoms with van der Waals surface area (Å²) >= 11 is 0. The van der Waals surface area contributed by atoms with E-state index in [1.54, 1.807) is 7.05 Å². The molecule has 1 rings (SSSR count). The molecule has 0 aliphatic heterocycles. The maximum absolute atomic E-state index is 11.3. The molecular weight excluding hydrogens is 190 g/mol. The van der Waals surface area contributed by atoms with E-state index in [-0.39, 0.29) is 12.0 Å². The molecule has 0 fully saturated rings. The van der Waals surface area contributed by atoms with Crippen LogP contribution in [-0.4, -0.2) is 26.2 Å². The summed E-state index contributed by atoms with van der Waals surface area (Å²) < 4.78 is 4.69. The van der Waals surface area contributed by atoms with Gasteiger partial charge in [0.15, 0.2) is 0 Å². The van der Waals surface area contributed by atoms with E-state index >= 15 is 0 Å². The molecule has 0 heterocycles. The number of carbonyl (C=O) groups is 1. The van der Waals surface area contributed by atoms with Crippen LogP contribution in [0.5, 0.6) is 0 Å². The minimum atomic E-state index is -0.213. The Kier molecular flexibility index (Phi) is 4.84. The molecule has 3 nitrogen and oxygen atoms in total. The van der Waals surface area contributed by atoms with Crippen molar-refractivity contribution in [1.29, 1.82) is 0 Å². The van der Waals surface area contributed by atoms with Crippen LogP contribution < -0.4 is 5.32 Å². The van der Waals surface area contributed by atoms with Gasteiger partial charge < -0.3 is 10.1 Å². The van der Waals surface area contributed by atoms with Crippen LogP contribution in [0.15, 0.2) is 30.3 Å². The summed E-state index contributed by atoms with van der Waals surface area (Å²) in [7, 11) is 3.18. The number of ether oxygens (including phenoxy) is 1. The summed E-state index contributed by atoms with van der Waals surface area (Å²) in [6.45, 7) is 0. The van der Waals surface area contributed by atoms with E-state index in [1.165, 1.54) is 12.7 Å². The van der Waals surface area contributed by atoms with E-state index in [0.29, 0.717) is 0 Å². The van der Waals surface area contributed by atoms with Crippen LogP contribution in [0.2, 0.25) is 0 Å². The first-order valence-corrected chi connectivity index (χ1v) is 5.07. The number of nitrogens with one attached hydrogen (secondary N) is 1. The first kappa shape index (κ1) is 11.7. The Morgan fingerprint density at radius 1 is 1.40 bits per heavy atom. The largest absolute Gasteiger partial charge is 0.468 e. The third-order valence-corrected chi connectivity index (χ3v) is 2.40. The molecule has 15 heavy (non-hydrogen) atoms. The predicted octanol–water partition coefficient (Wildman–Crippen LogP) is 1.38. The Morgan fingerprint density at radius 3 is 2.60 bits per heavy atom. The molecule has 82 valence electrons. The highest BCUT2D eigenvalue weighted by atomic mass is 16.5. The molecule has 0 amide bonds. The van der Waals surface area contributed by atoms with Crippen molar-refractivity contribution >= 4 is 5.97 Å². The van der Waals surface area contributed by atoms with Crippen molar-refractivity contribution < 1.29 is 9.53 Å². The Bertz CT molecular complexity index is 298. The van der Waals surface area contributed by atoms with Gasteiger partial charge in [-0.3, -0.25) is 4.79 Å². The molecular formula is C12H17NO2. The zero-order valence-electron chi connectivity index (χ0n) is 9.19. The molecule has 0 aliphatic carbocycles. The van der Waals surface area contributed by atoms with Crippen molar-refractivity contribution in [2.75, 3.05) is 14.2 Å². The number of hydrogen-bond donors (Lipinski definition) is 1. The number of rotatable bonds is 5. The van der Waals surface area contributed by atoms with Gasteiger partial charge in [-0.1, -0.05) is 30.3 Å². The van der Waals surface area contributed by atoms with Gasteiger partial charge in [0.2, 0.25) is 0 Å². The van der Waals surface area contributed by atoms with E-state index in [0.717, 1.165) is 12.8 Å². The first-order valence-electron chi connectivity index (χ1n) is 5.07. The normalized spacial score (nSPS) is 12.1. The van der Waals surface area contributed by atoms with E-state index in [9.17, 15) is 4.79 Å². The van der Waals surface area contributed by atoms with Gasteiger partial charge in [0.25, 0.3) is 0 Å². The van der Waals surface area contributed by atoms with Crippen LogP contribution in [0.4, 0.5) is 0 Å². The zero-order chi connectivity index (χ0) is 11.1. The van der Waals surface area contributed by atoms with Crippen molar-refractivity contribution in [3.8, 4) is 0 Å². The summed E-state index contributed by atoms with van der Waals surface area (Å²) in [5.74, 6) is -0.201. The highest BCUT2D eigenvalue weighted by Gasteiger charge is 2.15. The number of methoxy groups -OCH3 is 1. The summed E-state index contributed by atoms with van der Waals surface area (Å²) in [5.41, 5.74) is 1.24. The van der Waals surface area contributed by atoms with Crippen LogP contribution in [0.3, 0.4) is 0 Å². The van der Waals surface area contributed by atoms with Gasteiger partial charge in [-0.15, -0.1) is 0 Å². The minimum absolute atomic E-state index is 0.201. The molecule has 0 saturated carbocycles. The number of benzene rings is 1. The third-order valence-electron chi connectivity index (χ3n) is 2.40. The van der Waals surface area contributed by atoms with Crippen LogP contribution in [0, 0.1) is 0 Å². The van der Waals surface area contributed by atoms with Crippen LogP contribution in [-0.2, 0) is 16.0 Å². The highest BCUT2D eigenvalue weighted by molar-refractivity contribution is 5.75. The van der Waals surface area contributed by atoms with Gasteiger partial charge in [0.05, 0.1) is 7.11 Å². The smallest absolute Gasteiger partial charge is 0.322 e. The molecule has 0 radical (unpaired) electrons. The lowest BCUT2D eigenvalue weighted by molar-refractivity contribution is -0.143. The third kappa shape index (κ3) is 3.72. The standard InChI is InChI=1S/C12H17NO2/c1-13-11(12(14)15-2)9-8-10-6-4-3-5-7-10/h3-7,11,13H,8-9H2,1-2H3. The fraction of sp³-hybridized carbons (Fsp3) is 0.417. The minimum Gasteiger partial charge on any atom is -0.468 e. The average molecular weight is 207 g/mol. The van der Waals surface area contributed by atoms with Gasteiger partial charge in [0, 0.05) is 0 Å². The molecule has 1 atom stereocenters. The van der Waals surface area contributed by atoms with Gasteiger partial charge in [-0.25, -0.2) is 0 Å². The van der Waals surface area contributed by atoms with E-state index in [2.05, 4.69) is 17.4 Å². The van der Waals surface area contributed by atoms with Crippen molar-refractivity contribution in [2.24, 2.45) is 0 Å². The number of hydrogen-bond acceptors (Lipinski definition) is 3. The van der Waals surface area contributed by atoms with Gasteiger partial charge in [-0.05, 0) is 25.5 Å². The SMILES string of the molecule is CNC(CCc1ccccc1)C(=O)OC. The topological polar surface area (TPSA) is 38.3 Å². The van der Waals surface area contributed by atoms with Crippen LogP contribution in [0.25, 0.3) is 0 Å². The molecule has 0 spiro atoms. The predicted molar refractivity (Wildman–Crippen MR) is 59.6 cm³/mol. The van der Waals surface area contributed by atoms with E-state index in [1.807, 2.05) is 18.2 Å². The summed E-state index contributed by atoms with van der Waals surface area (Å²) in [5, 5.41) is 2.95. The van der Waals surface area contributed by atoms with Gasteiger partial charge >= 0.3 is 5.97 Å². The van der Waals surface area contributed by atoms with E-state index < -0.39 is 0 Å². The van der Waals surface area contributed by atoms with Crippen molar-refractivity contribution in [2.45, 2.75) is 18.9 Å². The van der Waals surface area contributed by atoms with Crippen LogP contribution in [0.1, 0.15) is 12.0 Å². The molecule has 1 aromatic rings. The first-order chi connectivity index (χ1) is 7.27. The fourth-order valence-electron chi connectivity index (χ4n) is 1.48. The Hall–Kier alpha value is -1.35. The molecule has 0 saturated heterocycles. The van der Waals surface area contributed by atoms with Crippen molar-refractivity contribution in [1.82, 2.24) is 5.32 Å². The number of aryl methyl sites for hydroxylation is 1. The summed E-state index contributed by atoms with van der Waals surface area (Å²) in [6.07, 6.45) is 1.63. The number of carbonyl (C=O) groups excluding carboxylic acids is 1. The van der Waals surface area contributed by atoms with Crippen molar-refractivity contribution in [3.63, 3.8) is 0 Å². The second kappa shape index (κ2) is 6.19. The number of likely N-dealkylation sites (N-methyl/N-ethyl adjacent to an activating group) is 1. The quantitative estimate of drug-likeness (QED) is 0.741. The second-order valence-corrected chi connectivity index (χ2v) is 3.39. The lowest BCUT2D eigenvalue weighted by Crippen LogP contribution is -2.35. The summed E-state index contributed by atoms with van der Waals surface area (Å²) in [6, 6.07) is 9.90. The Morgan fingerprint density at radius 2 is 2.07 bits per heavy atom. The summed E-state index contributed by atoms with van der Waals surface area (Å²) in [4.78, 5) is 11.3. The second-order valence-electron chi connectivity index (χ2n) is 3.39. The molecule has 1 N–H and O–H groups in total. The molecule has 1 aromatic carbocycles. The Balaban J connectivity index is 2.44. The maximum atomic E-state index is 11.3. The number of esters is 1. The molecule has 0 aromatic heterocycles. The van der Waals surface area contributed by atoms with Crippen LogP contribution >= 0.6 is 0 Å². The monoisotopic (exact) mass is 207 g/mol. The zero-order valence-corrected chi connectivity index (χ0v) is 9.19. The molecule has 0 aliphatic rings. The molecule has 0 bridgehead atoms. The molecule has 1 unspecified atom stereocenters. The highest BCUT2D eigenvalue weighted by Crippen LogP contribution is 2.05.